The van der Waals surface area contributed by atoms with Crippen molar-refractivity contribution in [1.29, 1.82) is 0 Å². The fourth-order valence-electron chi connectivity index (χ4n) is 1.21. The average Bonchev–Trinajstić information content (AvgIpc) is 2.15. The predicted octanol–water partition coefficient (Wildman–Crippen LogP) is 1.76. The molecule has 1 rings (SSSR count). The summed E-state index contributed by atoms with van der Waals surface area (Å²) in [4.78, 5) is 0. The van der Waals surface area contributed by atoms with Gasteiger partial charge in [0.15, 0.2) is 0 Å². The van der Waals surface area contributed by atoms with E-state index < -0.39 is 0 Å². The molecule has 0 fully saturated rings. The van der Waals surface area contributed by atoms with E-state index in [0.717, 1.165) is 5.56 Å². The molecule has 0 heterocycles. The minimum atomic E-state index is -0.270. The quantitative estimate of drug-likeness (QED) is 0.772. The lowest BCUT2D eigenvalue weighted by Gasteiger charge is -2.07. The first-order valence-electron chi connectivity index (χ1n) is 4.21. The Balaban J connectivity index is 2.81. The van der Waals surface area contributed by atoms with E-state index in [1.54, 1.807) is 13.2 Å². The SMILES string of the molecule is COc1ccc(F)cc1CCCO. The van der Waals surface area contributed by atoms with Gasteiger partial charge in [0.2, 0.25) is 0 Å². The van der Waals surface area contributed by atoms with Crippen molar-refractivity contribution in [3.05, 3.63) is 29.6 Å². The summed E-state index contributed by atoms with van der Waals surface area (Å²) < 4.78 is 17.8. The molecule has 0 aliphatic rings. The minimum absolute atomic E-state index is 0.111. The topological polar surface area (TPSA) is 29.5 Å². The maximum atomic E-state index is 12.8. The van der Waals surface area contributed by atoms with E-state index in [4.69, 9.17) is 9.84 Å². The summed E-state index contributed by atoms with van der Waals surface area (Å²) in [7, 11) is 1.55. The molecule has 3 heteroatoms. The first kappa shape index (κ1) is 9.99. The number of aliphatic hydroxyl groups is 1. The highest BCUT2D eigenvalue weighted by atomic mass is 19.1. The van der Waals surface area contributed by atoms with Crippen molar-refractivity contribution in [1.82, 2.24) is 0 Å². The molecule has 0 aliphatic heterocycles. The number of halogens is 1. The lowest BCUT2D eigenvalue weighted by atomic mass is 10.1. The van der Waals surface area contributed by atoms with Gasteiger partial charge in [-0.05, 0) is 36.6 Å². The molecule has 0 aromatic heterocycles. The summed E-state index contributed by atoms with van der Waals surface area (Å²) in [5, 5.41) is 8.63. The Labute approximate surface area is 77.0 Å². The summed E-state index contributed by atoms with van der Waals surface area (Å²) in [6.07, 6.45) is 1.26. The van der Waals surface area contributed by atoms with Crippen molar-refractivity contribution >= 4 is 0 Å². The summed E-state index contributed by atoms with van der Waals surface area (Å²) in [5.41, 5.74) is 0.802. The number of ether oxygens (including phenoxy) is 1. The van der Waals surface area contributed by atoms with Gasteiger partial charge in [-0.2, -0.15) is 0 Å². The highest BCUT2D eigenvalue weighted by Gasteiger charge is 2.03. The van der Waals surface area contributed by atoms with E-state index in [1.165, 1.54) is 12.1 Å². The van der Waals surface area contributed by atoms with Gasteiger partial charge in [0.1, 0.15) is 11.6 Å². The molecule has 0 saturated heterocycles. The van der Waals surface area contributed by atoms with Crippen LogP contribution in [0.15, 0.2) is 18.2 Å². The highest BCUT2D eigenvalue weighted by molar-refractivity contribution is 5.33. The van der Waals surface area contributed by atoms with E-state index in [1.807, 2.05) is 0 Å². The Kier molecular flexibility index (Phi) is 3.71. The van der Waals surface area contributed by atoms with Gasteiger partial charge in [-0.3, -0.25) is 0 Å². The Morgan fingerprint density at radius 2 is 2.23 bits per heavy atom. The molecule has 2 nitrogen and oxygen atoms in total. The molecule has 0 radical (unpaired) electrons. The van der Waals surface area contributed by atoms with Crippen LogP contribution >= 0.6 is 0 Å². The molecule has 0 spiro atoms. The molecule has 1 aromatic carbocycles. The molecule has 0 aliphatic carbocycles. The minimum Gasteiger partial charge on any atom is -0.496 e. The highest BCUT2D eigenvalue weighted by Crippen LogP contribution is 2.20. The zero-order valence-electron chi connectivity index (χ0n) is 7.59. The fraction of sp³-hybridized carbons (Fsp3) is 0.400. The summed E-state index contributed by atoms with van der Waals surface area (Å²) in [5.74, 6) is 0.406. The molecular formula is C10H13FO2. The number of benzene rings is 1. The first-order chi connectivity index (χ1) is 6.27. The van der Waals surface area contributed by atoms with Crippen molar-refractivity contribution in [2.24, 2.45) is 0 Å². The van der Waals surface area contributed by atoms with E-state index >= 15 is 0 Å². The first-order valence-corrected chi connectivity index (χ1v) is 4.21. The van der Waals surface area contributed by atoms with Crippen LogP contribution in [0.1, 0.15) is 12.0 Å². The summed E-state index contributed by atoms with van der Waals surface area (Å²) in [6, 6.07) is 4.40. The third kappa shape index (κ3) is 2.70. The number of rotatable bonds is 4. The average molecular weight is 184 g/mol. The lowest BCUT2D eigenvalue weighted by molar-refractivity contribution is 0.287. The van der Waals surface area contributed by atoms with Gasteiger partial charge in [-0.25, -0.2) is 4.39 Å². The number of hydrogen-bond acceptors (Lipinski definition) is 2. The molecule has 0 atom stereocenters. The van der Waals surface area contributed by atoms with Crippen LogP contribution in [-0.4, -0.2) is 18.8 Å². The lowest BCUT2D eigenvalue weighted by Crippen LogP contribution is -1.95. The molecule has 0 bridgehead atoms. The van der Waals surface area contributed by atoms with Crippen molar-refractivity contribution in [2.45, 2.75) is 12.8 Å². The number of hydrogen-bond donors (Lipinski definition) is 1. The van der Waals surface area contributed by atoms with Crippen LogP contribution in [0.4, 0.5) is 4.39 Å². The Morgan fingerprint density at radius 1 is 1.46 bits per heavy atom. The van der Waals surface area contributed by atoms with Crippen molar-refractivity contribution in [3.8, 4) is 5.75 Å². The van der Waals surface area contributed by atoms with Crippen LogP contribution in [0, 0.1) is 5.82 Å². The number of aliphatic hydroxyl groups excluding tert-OH is 1. The molecule has 0 amide bonds. The Hall–Kier alpha value is -1.09. The van der Waals surface area contributed by atoms with Crippen molar-refractivity contribution < 1.29 is 14.2 Å². The van der Waals surface area contributed by atoms with Gasteiger partial charge >= 0.3 is 0 Å². The maximum Gasteiger partial charge on any atom is 0.123 e. The van der Waals surface area contributed by atoms with E-state index in [9.17, 15) is 4.39 Å². The van der Waals surface area contributed by atoms with E-state index in [0.29, 0.717) is 18.6 Å². The zero-order chi connectivity index (χ0) is 9.68. The third-order valence-electron chi connectivity index (χ3n) is 1.85. The molecule has 0 unspecified atom stereocenters. The predicted molar refractivity (Wildman–Crippen MR) is 48.4 cm³/mol. The second kappa shape index (κ2) is 4.82. The monoisotopic (exact) mass is 184 g/mol. The van der Waals surface area contributed by atoms with Crippen molar-refractivity contribution in [3.63, 3.8) is 0 Å². The van der Waals surface area contributed by atoms with Gasteiger partial charge in [0, 0.05) is 6.61 Å². The molecule has 0 saturated carbocycles. The molecule has 1 N–H and O–H groups in total. The van der Waals surface area contributed by atoms with Gasteiger partial charge in [-0.15, -0.1) is 0 Å². The van der Waals surface area contributed by atoms with Crippen molar-refractivity contribution in [2.75, 3.05) is 13.7 Å². The normalized spacial score (nSPS) is 10.1. The smallest absolute Gasteiger partial charge is 0.123 e. The third-order valence-corrected chi connectivity index (χ3v) is 1.85. The standard InChI is InChI=1S/C10H13FO2/c1-13-10-5-4-9(11)7-8(10)3-2-6-12/h4-5,7,12H,2-3,6H2,1H3. The summed E-state index contributed by atoms with van der Waals surface area (Å²) >= 11 is 0. The van der Waals surface area contributed by atoms with Crippen LogP contribution < -0.4 is 4.74 Å². The van der Waals surface area contributed by atoms with E-state index in [-0.39, 0.29) is 12.4 Å². The largest absolute Gasteiger partial charge is 0.496 e. The van der Waals surface area contributed by atoms with E-state index in [2.05, 4.69) is 0 Å². The van der Waals surface area contributed by atoms with Gasteiger partial charge in [-0.1, -0.05) is 0 Å². The zero-order valence-corrected chi connectivity index (χ0v) is 7.59. The Bertz CT molecular complexity index is 274. The molecular weight excluding hydrogens is 171 g/mol. The second-order valence-corrected chi connectivity index (χ2v) is 2.78. The second-order valence-electron chi connectivity index (χ2n) is 2.78. The van der Waals surface area contributed by atoms with Gasteiger partial charge < -0.3 is 9.84 Å². The molecule has 72 valence electrons. The van der Waals surface area contributed by atoms with Crippen LogP contribution in [0.5, 0.6) is 5.75 Å². The van der Waals surface area contributed by atoms with Crippen LogP contribution in [0.2, 0.25) is 0 Å². The molecule has 13 heavy (non-hydrogen) atoms. The van der Waals surface area contributed by atoms with Crippen LogP contribution in [0.3, 0.4) is 0 Å². The number of methoxy groups -OCH3 is 1. The van der Waals surface area contributed by atoms with Gasteiger partial charge in [0.05, 0.1) is 7.11 Å². The maximum absolute atomic E-state index is 12.8. The van der Waals surface area contributed by atoms with Crippen LogP contribution in [0.25, 0.3) is 0 Å². The van der Waals surface area contributed by atoms with Gasteiger partial charge in [0.25, 0.3) is 0 Å². The Morgan fingerprint density at radius 3 is 2.85 bits per heavy atom. The van der Waals surface area contributed by atoms with Crippen LogP contribution in [-0.2, 0) is 6.42 Å². The molecule has 1 aromatic rings. The number of aryl methyl sites for hydroxylation is 1. The fourth-order valence-corrected chi connectivity index (χ4v) is 1.21. The summed E-state index contributed by atoms with van der Waals surface area (Å²) in [6.45, 7) is 0.111.